The molecule has 1 atom stereocenters. The maximum Gasteiger partial charge on any atom is 0.332 e. The van der Waals surface area contributed by atoms with Crippen LogP contribution in [-0.2, 0) is 4.79 Å². The van der Waals surface area contributed by atoms with Crippen LogP contribution in [0.1, 0.15) is 25.7 Å². The van der Waals surface area contributed by atoms with Gasteiger partial charge in [-0.05, 0) is 12.3 Å². The minimum absolute atomic E-state index is 0.440. The van der Waals surface area contributed by atoms with E-state index in [0.29, 0.717) is 12.3 Å². The van der Waals surface area contributed by atoms with Gasteiger partial charge in [0.15, 0.2) is 6.10 Å². The highest BCUT2D eigenvalue weighted by Gasteiger charge is 2.24. The SMILES string of the molecule is O=C(O)[C@H](O)CC1CCC1. The smallest absolute Gasteiger partial charge is 0.332 e. The van der Waals surface area contributed by atoms with E-state index in [2.05, 4.69) is 0 Å². The van der Waals surface area contributed by atoms with Gasteiger partial charge in [-0.3, -0.25) is 0 Å². The minimum atomic E-state index is -1.13. The van der Waals surface area contributed by atoms with Gasteiger partial charge < -0.3 is 10.2 Å². The molecule has 0 heterocycles. The summed E-state index contributed by atoms with van der Waals surface area (Å²) in [6, 6.07) is 0. The topological polar surface area (TPSA) is 57.5 Å². The van der Waals surface area contributed by atoms with Crippen molar-refractivity contribution in [2.45, 2.75) is 31.8 Å². The highest BCUT2D eigenvalue weighted by Crippen LogP contribution is 2.30. The molecule has 0 saturated heterocycles. The van der Waals surface area contributed by atoms with Crippen molar-refractivity contribution in [3.63, 3.8) is 0 Å². The molecule has 3 nitrogen and oxygen atoms in total. The summed E-state index contributed by atoms with van der Waals surface area (Å²) in [6.07, 6.45) is 2.67. The molecule has 3 heteroatoms. The molecule has 1 saturated carbocycles. The quantitative estimate of drug-likeness (QED) is 0.610. The van der Waals surface area contributed by atoms with Gasteiger partial charge in [0.05, 0.1) is 0 Å². The summed E-state index contributed by atoms with van der Waals surface area (Å²) in [5, 5.41) is 17.2. The molecular weight excluding hydrogens is 132 g/mol. The van der Waals surface area contributed by atoms with Gasteiger partial charge in [-0.2, -0.15) is 0 Å². The lowest BCUT2D eigenvalue weighted by Crippen LogP contribution is -2.25. The molecule has 0 aliphatic heterocycles. The second kappa shape index (κ2) is 3.01. The number of aliphatic carboxylic acids is 1. The van der Waals surface area contributed by atoms with Crippen molar-refractivity contribution in [2.75, 3.05) is 0 Å². The largest absolute Gasteiger partial charge is 0.479 e. The van der Waals surface area contributed by atoms with Crippen molar-refractivity contribution in [3.8, 4) is 0 Å². The Morgan fingerprint density at radius 3 is 2.50 bits per heavy atom. The van der Waals surface area contributed by atoms with Crippen molar-refractivity contribution in [3.05, 3.63) is 0 Å². The number of carbonyl (C=O) groups is 1. The first-order chi connectivity index (χ1) is 4.70. The molecule has 0 aromatic rings. The maximum atomic E-state index is 10.1. The number of aliphatic hydroxyl groups is 1. The molecule has 0 unspecified atom stereocenters. The van der Waals surface area contributed by atoms with Crippen LogP contribution in [0, 0.1) is 5.92 Å². The molecule has 2 N–H and O–H groups in total. The van der Waals surface area contributed by atoms with Crippen LogP contribution < -0.4 is 0 Å². The van der Waals surface area contributed by atoms with E-state index in [-0.39, 0.29) is 0 Å². The Bertz CT molecular complexity index is 129. The summed E-state index contributed by atoms with van der Waals surface area (Å²) in [4.78, 5) is 10.1. The zero-order valence-corrected chi connectivity index (χ0v) is 5.79. The first-order valence-electron chi connectivity index (χ1n) is 3.61. The second-order valence-corrected chi connectivity index (χ2v) is 2.89. The predicted molar refractivity (Wildman–Crippen MR) is 35.6 cm³/mol. The minimum Gasteiger partial charge on any atom is -0.479 e. The van der Waals surface area contributed by atoms with E-state index in [1.165, 1.54) is 6.42 Å². The van der Waals surface area contributed by atoms with Crippen LogP contribution in [-0.4, -0.2) is 22.3 Å². The Morgan fingerprint density at radius 2 is 2.20 bits per heavy atom. The fraction of sp³-hybridized carbons (Fsp3) is 0.857. The summed E-state index contributed by atoms with van der Waals surface area (Å²) in [5.74, 6) is -0.627. The summed E-state index contributed by atoms with van der Waals surface area (Å²) in [6.45, 7) is 0. The first-order valence-corrected chi connectivity index (χ1v) is 3.61. The summed E-state index contributed by atoms with van der Waals surface area (Å²) in [7, 11) is 0. The highest BCUT2D eigenvalue weighted by atomic mass is 16.4. The van der Waals surface area contributed by atoms with Crippen LogP contribution in [0.3, 0.4) is 0 Å². The molecule has 1 aliphatic carbocycles. The van der Waals surface area contributed by atoms with E-state index in [1.54, 1.807) is 0 Å². The van der Waals surface area contributed by atoms with Crippen LogP contribution in [0.2, 0.25) is 0 Å². The van der Waals surface area contributed by atoms with Gasteiger partial charge in [-0.1, -0.05) is 19.3 Å². The van der Waals surface area contributed by atoms with Crippen molar-refractivity contribution in [1.29, 1.82) is 0 Å². The number of carboxylic acids is 1. The maximum absolute atomic E-state index is 10.1. The van der Waals surface area contributed by atoms with E-state index in [9.17, 15) is 4.79 Å². The molecule has 1 fully saturated rings. The second-order valence-electron chi connectivity index (χ2n) is 2.89. The van der Waals surface area contributed by atoms with Gasteiger partial charge in [0.25, 0.3) is 0 Å². The van der Waals surface area contributed by atoms with Gasteiger partial charge in [0.1, 0.15) is 0 Å². The van der Waals surface area contributed by atoms with Crippen molar-refractivity contribution < 1.29 is 15.0 Å². The zero-order chi connectivity index (χ0) is 7.56. The van der Waals surface area contributed by atoms with Gasteiger partial charge in [-0.25, -0.2) is 4.79 Å². The third kappa shape index (κ3) is 1.70. The Kier molecular flexibility index (Phi) is 2.27. The fourth-order valence-electron chi connectivity index (χ4n) is 1.15. The molecule has 1 rings (SSSR count). The Hall–Kier alpha value is -0.570. The summed E-state index contributed by atoms with van der Waals surface area (Å²) < 4.78 is 0. The number of hydrogen-bond donors (Lipinski definition) is 2. The zero-order valence-electron chi connectivity index (χ0n) is 5.79. The molecule has 10 heavy (non-hydrogen) atoms. The molecule has 0 bridgehead atoms. The van der Waals surface area contributed by atoms with Gasteiger partial charge in [-0.15, -0.1) is 0 Å². The predicted octanol–water partition coefficient (Wildman–Crippen LogP) is 0.622. The summed E-state index contributed by atoms with van der Waals surface area (Å²) in [5.41, 5.74) is 0. The van der Waals surface area contributed by atoms with Gasteiger partial charge >= 0.3 is 5.97 Å². The van der Waals surface area contributed by atoms with E-state index in [0.717, 1.165) is 12.8 Å². The van der Waals surface area contributed by atoms with E-state index in [4.69, 9.17) is 10.2 Å². The molecule has 0 amide bonds. The Balaban J connectivity index is 2.16. The average Bonchev–Trinajstić information content (AvgIpc) is 1.77. The fourth-order valence-corrected chi connectivity index (χ4v) is 1.15. The normalized spacial score (nSPS) is 21.7. The molecule has 0 radical (unpaired) electrons. The van der Waals surface area contributed by atoms with Gasteiger partial charge in [0, 0.05) is 0 Å². The third-order valence-corrected chi connectivity index (χ3v) is 2.07. The third-order valence-electron chi connectivity index (χ3n) is 2.07. The van der Waals surface area contributed by atoms with Crippen LogP contribution in [0.4, 0.5) is 0 Å². The van der Waals surface area contributed by atoms with Crippen molar-refractivity contribution in [1.82, 2.24) is 0 Å². The lowest BCUT2D eigenvalue weighted by atomic mass is 9.81. The summed E-state index contributed by atoms with van der Waals surface area (Å²) >= 11 is 0. The highest BCUT2D eigenvalue weighted by molar-refractivity contribution is 5.71. The van der Waals surface area contributed by atoms with Crippen LogP contribution in [0.25, 0.3) is 0 Å². The molecule has 0 aromatic carbocycles. The monoisotopic (exact) mass is 144 g/mol. The number of aliphatic hydroxyl groups excluding tert-OH is 1. The Morgan fingerprint density at radius 1 is 1.60 bits per heavy atom. The van der Waals surface area contributed by atoms with Crippen molar-refractivity contribution in [2.24, 2.45) is 5.92 Å². The van der Waals surface area contributed by atoms with Crippen LogP contribution in [0.5, 0.6) is 0 Å². The van der Waals surface area contributed by atoms with Gasteiger partial charge in [0.2, 0.25) is 0 Å². The Labute approximate surface area is 59.7 Å². The lowest BCUT2D eigenvalue weighted by molar-refractivity contribution is -0.147. The number of hydrogen-bond acceptors (Lipinski definition) is 2. The standard InChI is InChI=1S/C7H12O3/c8-6(7(9)10)4-5-2-1-3-5/h5-6,8H,1-4H2,(H,9,10)/t6-/m1/s1. The molecule has 1 aliphatic rings. The first kappa shape index (κ1) is 7.54. The lowest BCUT2D eigenvalue weighted by Gasteiger charge is -2.25. The molecule has 58 valence electrons. The number of carboxylic acid groups (broad SMARTS) is 1. The molecule has 0 spiro atoms. The van der Waals surface area contributed by atoms with E-state index in [1.807, 2.05) is 0 Å². The van der Waals surface area contributed by atoms with Crippen molar-refractivity contribution >= 4 is 5.97 Å². The van der Waals surface area contributed by atoms with E-state index < -0.39 is 12.1 Å². The molecular formula is C7H12O3. The van der Waals surface area contributed by atoms with Crippen LogP contribution in [0.15, 0.2) is 0 Å². The van der Waals surface area contributed by atoms with Crippen LogP contribution >= 0.6 is 0 Å². The van der Waals surface area contributed by atoms with E-state index >= 15 is 0 Å². The number of rotatable bonds is 3. The average molecular weight is 144 g/mol. The molecule has 0 aromatic heterocycles.